The van der Waals surface area contributed by atoms with Gasteiger partial charge >= 0.3 is 0 Å². The second-order valence-corrected chi connectivity index (χ2v) is 8.25. The summed E-state index contributed by atoms with van der Waals surface area (Å²) in [4.78, 5) is 17.1. The van der Waals surface area contributed by atoms with Crippen LogP contribution >= 0.6 is 24.0 Å². The van der Waals surface area contributed by atoms with Gasteiger partial charge in [-0.05, 0) is 73.8 Å². The molecule has 0 unspecified atom stereocenters. The first-order chi connectivity index (χ1) is 14.5. The Morgan fingerprint density at radius 2 is 1.68 bits per heavy atom. The van der Waals surface area contributed by atoms with Crippen molar-refractivity contribution in [2.75, 3.05) is 47.4 Å². The van der Waals surface area contributed by atoms with Gasteiger partial charge in [-0.25, -0.2) is 0 Å². The highest BCUT2D eigenvalue weighted by Gasteiger charge is 2.22. The van der Waals surface area contributed by atoms with E-state index in [0.29, 0.717) is 12.2 Å². The van der Waals surface area contributed by atoms with Crippen molar-refractivity contribution in [1.82, 2.24) is 9.80 Å². The number of amides is 1. The summed E-state index contributed by atoms with van der Waals surface area (Å²) in [6, 6.07) is 12.0. The van der Waals surface area contributed by atoms with Gasteiger partial charge in [0.15, 0.2) is 11.5 Å². The fraction of sp³-hybridized carbons (Fsp3) is 0.458. The molecule has 0 N–H and O–H groups in total. The van der Waals surface area contributed by atoms with E-state index in [9.17, 15) is 4.79 Å². The predicted molar refractivity (Wildman–Crippen MR) is 128 cm³/mol. The lowest BCUT2D eigenvalue weighted by Crippen LogP contribution is -2.35. The minimum absolute atomic E-state index is 0. The molecule has 0 aromatic heterocycles. The van der Waals surface area contributed by atoms with Crippen LogP contribution in [-0.2, 0) is 24.1 Å². The highest BCUT2D eigenvalue weighted by atomic mass is 35.5. The summed E-state index contributed by atoms with van der Waals surface area (Å²) in [5, 5.41) is 0.772. The number of rotatable bonds is 9. The number of hydrogen-bond acceptors (Lipinski definition) is 4. The number of benzene rings is 2. The molecular formula is C24H32Cl2N2O3. The minimum atomic E-state index is 0. The first kappa shape index (κ1) is 25.3. The first-order valence-corrected chi connectivity index (χ1v) is 10.8. The van der Waals surface area contributed by atoms with E-state index in [4.69, 9.17) is 21.1 Å². The van der Waals surface area contributed by atoms with Gasteiger partial charge in [-0.3, -0.25) is 4.79 Å². The molecule has 1 amide bonds. The van der Waals surface area contributed by atoms with Crippen molar-refractivity contribution < 1.29 is 14.3 Å². The summed E-state index contributed by atoms with van der Waals surface area (Å²) < 4.78 is 10.8. The van der Waals surface area contributed by atoms with Gasteiger partial charge in [0.2, 0.25) is 5.91 Å². The third kappa shape index (κ3) is 7.03. The van der Waals surface area contributed by atoms with E-state index >= 15 is 0 Å². The standard InChI is InChI=1S/C24H31ClN2O3.ClH/c1-26(13-9-18-5-7-21(25)8-6-18)11-4-12-27-14-10-19-15-22(29-2)23(30-3)16-20(19)17-24(27)28;/h5-8,15-16H,4,9-14,17H2,1-3H3;1H. The second-order valence-electron chi connectivity index (χ2n) is 7.82. The number of halogens is 2. The normalized spacial score (nSPS) is 13.5. The fourth-order valence-corrected chi connectivity index (χ4v) is 3.99. The second kappa shape index (κ2) is 12.2. The van der Waals surface area contributed by atoms with Gasteiger partial charge in [0.1, 0.15) is 0 Å². The molecule has 0 fully saturated rings. The Bertz CT molecular complexity index is 859. The molecule has 0 saturated carbocycles. The van der Waals surface area contributed by atoms with Gasteiger partial charge in [-0.1, -0.05) is 23.7 Å². The van der Waals surface area contributed by atoms with Crippen LogP contribution in [0.5, 0.6) is 11.5 Å². The molecule has 2 aromatic rings. The van der Waals surface area contributed by atoms with E-state index in [0.717, 1.165) is 61.8 Å². The van der Waals surface area contributed by atoms with Crippen molar-refractivity contribution >= 4 is 29.9 Å². The van der Waals surface area contributed by atoms with Gasteiger partial charge < -0.3 is 19.3 Å². The van der Waals surface area contributed by atoms with Crippen LogP contribution in [0.1, 0.15) is 23.1 Å². The Hall–Kier alpha value is -1.95. The summed E-state index contributed by atoms with van der Waals surface area (Å²) in [6.45, 7) is 3.48. The van der Waals surface area contributed by atoms with Crippen molar-refractivity contribution in [3.63, 3.8) is 0 Å². The smallest absolute Gasteiger partial charge is 0.227 e. The fourth-order valence-electron chi connectivity index (χ4n) is 3.87. The molecule has 3 rings (SSSR count). The molecule has 5 nitrogen and oxygen atoms in total. The number of carbonyl (C=O) groups is 1. The molecule has 170 valence electrons. The Morgan fingerprint density at radius 3 is 2.32 bits per heavy atom. The number of fused-ring (bicyclic) bond motifs is 1. The lowest BCUT2D eigenvalue weighted by atomic mass is 10.0. The number of carbonyl (C=O) groups excluding carboxylic acids is 1. The quantitative estimate of drug-likeness (QED) is 0.553. The summed E-state index contributed by atoms with van der Waals surface area (Å²) >= 11 is 5.94. The Morgan fingerprint density at radius 1 is 1.03 bits per heavy atom. The summed E-state index contributed by atoms with van der Waals surface area (Å²) in [6.07, 6.45) is 3.22. The first-order valence-electron chi connectivity index (χ1n) is 10.4. The summed E-state index contributed by atoms with van der Waals surface area (Å²) in [5.74, 6) is 1.59. The Labute approximate surface area is 196 Å². The lowest BCUT2D eigenvalue weighted by molar-refractivity contribution is -0.130. The molecule has 1 heterocycles. The molecule has 1 aliphatic rings. The third-order valence-corrected chi connectivity index (χ3v) is 5.97. The highest BCUT2D eigenvalue weighted by molar-refractivity contribution is 6.30. The average molecular weight is 467 g/mol. The zero-order chi connectivity index (χ0) is 21.5. The van der Waals surface area contributed by atoms with Crippen LogP contribution in [0.15, 0.2) is 36.4 Å². The Kier molecular flexibility index (Phi) is 9.94. The van der Waals surface area contributed by atoms with Crippen molar-refractivity contribution in [2.45, 2.75) is 25.7 Å². The largest absolute Gasteiger partial charge is 0.493 e. The lowest BCUT2D eigenvalue weighted by Gasteiger charge is -2.23. The minimum Gasteiger partial charge on any atom is -0.493 e. The topological polar surface area (TPSA) is 42.0 Å². The van der Waals surface area contributed by atoms with Crippen LogP contribution in [0.25, 0.3) is 0 Å². The van der Waals surface area contributed by atoms with Crippen LogP contribution in [0, 0.1) is 0 Å². The van der Waals surface area contributed by atoms with E-state index in [1.165, 1.54) is 11.1 Å². The van der Waals surface area contributed by atoms with Crippen molar-refractivity contribution in [2.24, 2.45) is 0 Å². The molecule has 0 bridgehead atoms. The van der Waals surface area contributed by atoms with Gasteiger partial charge in [-0.15, -0.1) is 12.4 Å². The summed E-state index contributed by atoms with van der Waals surface area (Å²) in [7, 11) is 5.40. The van der Waals surface area contributed by atoms with Crippen molar-refractivity contribution in [1.29, 1.82) is 0 Å². The van der Waals surface area contributed by atoms with E-state index in [1.54, 1.807) is 14.2 Å². The molecule has 7 heteroatoms. The van der Waals surface area contributed by atoms with Gasteiger partial charge in [0.25, 0.3) is 0 Å². The molecule has 0 atom stereocenters. The molecule has 2 aromatic carbocycles. The summed E-state index contributed by atoms with van der Waals surface area (Å²) in [5.41, 5.74) is 3.50. The number of nitrogens with zero attached hydrogens (tertiary/aromatic N) is 2. The van der Waals surface area contributed by atoms with E-state index in [-0.39, 0.29) is 18.3 Å². The van der Waals surface area contributed by atoms with Gasteiger partial charge in [0.05, 0.1) is 20.6 Å². The average Bonchev–Trinajstić information content (AvgIpc) is 2.90. The molecule has 0 aliphatic carbocycles. The zero-order valence-corrected chi connectivity index (χ0v) is 20.1. The van der Waals surface area contributed by atoms with Crippen LogP contribution in [0.4, 0.5) is 0 Å². The SMILES string of the molecule is COc1cc2c(cc1OC)CC(=O)N(CCCN(C)CCc1ccc(Cl)cc1)CC2.Cl. The van der Waals surface area contributed by atoms with E-state index < -0.39 is 0 Å². The molecule has 0 saturated heterocycles. The van der Waals surface area contributed by atoms with Crippen LogP contribution in [0.2, 0.25) is 5.02 Å². The van der Waals surface area contributed by atoms with Gasteiger partial charge in [-0.2, -0.15) is 0 Å². The van der Waals surface area contributed by atoms with Gasteiger partial charge in [0, 0.05) is 24.7 Å². The Balaban J connectivity index is 0.00000341. The number of ether oxygens (including phenoxy) is 2. The molecule has 0 spiro atoms. The van der Waals surface area contributed by atoms with Crippen molar-refractivity contribution in [3.8, 4) is 11.5 Å². The van der Waals surface area contributed by atoms with E-state index in [2.05, 4.69) is 24.1 Å². The zero-order valence-electron chi connectivity index (χ0n) is 18.5. The van der Waals surface area contributed by atoms with Crippen LogP contribution in [0.3, 0.4) is 0 Å². The monoisotopic (exact) mass is 466 g/mol. The van der Waals surface area contributed by atoms with Crippen LogP contribution < -0.4 is 9.47 Å². The van der Waals surface area contributed by atoms with E-state index in [1.807, 2.05) is 29.2 Å². The number of methoxy groups -OCH3 is 2. The molecular weight excluding hydrogens is 435 g/mol. The molecule has 0 radical (unpaired) electrons. The maximum absolute atomic E-state index is 12.8. The number of likely N-dealkylation sites (N-methyl/N-ethyl adjacent to an activating group) is 1. The third-order valence-electron chi connectivity index (χ3n) is 5.71. The number of hydrogen-bond donors (Lipinski definition) is 0. The maximum atomic E-state index is 12.8. The predicted octanol–water partition coefficient (Wildman–Crippen LogP) is 4.27. The van der Waals surface area contributed by atoms with Crippen LogP contribution in [-0.4, -0.2) is 63.2 Å². The van der Waals surface area contributed by atoms with Crippen molar-refractivity contribution in [3.05, 3.63) is 58.1 Å². The molecule has 1 aliphatic heterocycles. The molecule has 31 heavy (non-hydrogen) atoms. The highest BCUT2D eigenvalue weighted by Crippen LogP contribution is 2.32. The maximum Gasteiger partial charge on any atom is 0.227 e.